The van der Waals surface area contributed by atoms with Crippen LogP contribution >= 0.6 is 0 Å². The minimum atomic E-state index is -4.07. The Morgan fingerprint density at radius 2 is 1.68 bits per heavy atom. The third-order valence-corrected chi connectivity index (χ3v) is 8.85. The van der Waals surface area contributed by atoms with Crippen LogP contribution in [0.15, 0.2) is 63.9 Å². The zero-order valence-electron chi connectivity index (χ0n) is 20.6. The van der Waals surface area contributed by atoms with Gasteiger partial charge in [0.2, 0.25) is 5.91 Å². The fourth-order valence-electron chi connectivity index (χ4n) is 5.70. The molecule has 2 heterocycles. The lowest BCUT2D eigenvalue weighted by atomic mass is 9.76. The van der Waals surface area contributed by atoms with Crippen LogP contribution in [-0.4, -0.2) is 48.9 Å². The molecule has 3 aromatic rings. The molecule has 11 heteroatoms. The number of furan rings is 1. The van der Waals surface area contributed by atoms with Gasteiger partial charge in [-0.2, -0.15) is 0 Å². The number of rotatable bonds is 6. The van der Waals surface area contributed by atoms with E-state index in [1.807, 2.05) is 4.72 Å². The minimum absolute atomic E-state index is 0.0223. The van der Waals surface area contributed by atoms with Crippen molar-refractivity contribution in [2.45, 2.75) is 49.5 Å². The lowest BCUT2D eigenvalue weighted by Gasteiger charge is -2.32. The van der Waals surface area contributed by atoms with E-state index >= 15 is 0 Å². The van der Waals surface area contributed by atoms with E-state index in [0.717, 1.165) is 25.7 Å². The molecule has 0 unspecified atom stereocenters. The third-order valence-electron chi connectivity index (χ3n) is 7.50. The molecule has 5 rings (SSSR count). The van der Waals surface area contributed by atoms with Gasteiger partial charge in [0.15, 0.2) is 5.76 Å². The Balaban J connectivity index is 1.32. The van der Waals surface area contributed by atoms with Gasteiger partial charge in [-0.3, -0.25) is 14.5 Å². The maximum atomic E-state index is 13.4. The van der Waals surface area contributed by atoms with Crippen molar-refractivity contribution in [2.75, 3.05) is 11.9 Å². The number of anilines is 1. The first-order valence-electron chi connectivity index (χ1n) is 12.7. The van der Waals surface area contributed by atoms with Crippen molar-refractivity contribution in [1.82, 2.24) is 9.62 Å². The van der Waals surface area contributed by atoms with Crippen LogP contribution in [0, 0.1) is 11.8 Å². The highest BCUT2D eigenvalue weighted by Gasteiger charge is 2.45. The van der Waals surface area contributed by atoms with Crippen molar-refractivity contribution in [3.05, 3.63) is 60.4 Å². The van der Waals surface area contributed by atoms with Crippen molar-refractivity contribution < 1.29 is 32.3 Å². The highest BCUT2D eigenvalue weighted by Crippen LogP contribution is 2.39. The Labute approximate surface area is 220 Å². The van der Waals surface area contributed by atoms with Crippen LogP contribution in [-0.2, 0) is 14.8 Å². The van der Waals surface area contributed by atoms with Gasteiger partial charge in [0.05, 0.1) is 4.90 Å². The average Bonchev–Trinajstić information content (AvgIpc) is 3.54. The highest BCUT2D eigenvalue weighted by atomic mass is 32.2. The number of likely N-dealkylation sites (tertiary alicyclic amines) is 1. The van der Waals surface area contributed by atoms with Crippen LogP contribution in [0.3, 0.4) is 0 Å². The summed E-state index contributed by atoms with van der Waals surface area (Å²) in [6.07, 6.45) is 4.95. The predicted molar refractivity (Wildman–Crippen MR) is 139 cm³/mol. The number of amides is 3. The molecule has 1 aromatic heterocycles. The van der Waals surface area contributed by atoms with Gasteiger partial charge in [-0.1, -0.05) is 50.3 Å². The Morgan fingerprint density at radius 3 is 2.39 bits per heavy atom. The monoisotopic (exact) mass is 539 g/mol. The topological polar surface area (TPSA) is 146 Å². The molecule has 38 heavy (non-hydrogen) atoms. The second kappa shape index (κ2) is 10.5. The normalized spacial score (nSPS) is 20.4. The van der Waals surface area contributed by atoms with E-state index in [2.05, 4.69) is 5.32 Å². The number of carboxylic acid groups (broad SMARTS) is 1. The van der Waals surface area contributed by atoms with E-state index in [4.69, 9.17) is 4.42 Å². The molecule has 1 saturated heterocycles. The summed E-state index contributed by atoms with van der Waals surface area (Å²) in [6, 6.07) is 12.9. The number of fused-ring (bicyclic) bond motifs is 1. The number of sulfonamides is 1. The molecule has 2 aliphatic rings. The van der Waals surface area contributed by atoms with Crippen LogP contribution < -0.4 is 10.0 Å². The quantitative estimate of drug-likeness (QED) is 0.420. The predicted octanol–water partition coefficient (Wildman–Crippen LogP) is 4.44. The van der Waals surface area contributed by atoms with E-state index in [-0.39, 0.29) is 22.5 Å². The molecule has 0 radical (unpaired) electrons. The van der Waals surface area contributed by atoms with E-state index in [1.165, 1.54) is 29.5 Å². The summed E-state index contributed by atoms with van der Waals surface area (Å²) < 4.78 is 32.5. The Bertz CT molecular complexity index is 1460. The van der Waals surface area contributed by atoms with Crippen LogP contribution in [0.25, 0.3) is 11.0 Å². The molecule has 1 aliphatic carbocycles. The lowest BCUT2D eigenvalue weighted by Crippen LogP contribution is -2.47. The maximum absolute atomic E-state index is 13.4. The maximum Gasteiger partial charge on any atom is 0.407 e. The lowest BCUT2D eigenvalue weighted by molar-refractivity contribution is -0.121. The fourth-order valence-corrected chi connectivity index (χ4v) is 6.68. The first kappa shape index (κ1) is 25.8. The second-order valence-corrected chi connectivity index (χ2v) is 11.6. The van der Waals surface area contributed by atoms with Crippen molar-refractivity contribution in [1.29, 1.82) is 0 Å². The van der Waals surface area contributed by atoms with E-state index in [9.17, 15) is 27.9 Å². The van der Waals surface area contributed by atoms with Crippen LogP contribution in [0.5, 0.6) is 0 Å². The van der Waals surface area contributed by atoms with Gasteiger partial charge < -0.3 is 14.8 Å². The number of nitrogens with one attached hydrogen (secondary N) is 2. The third kappa shape index (κ3) is 5.24. The Hall–Kier alpha value is -3.86. The first-order valence-corrected chi connectivity index (χ1v) is 14.2. The summed E-state index contributed by atoms with van der Waals surface area (Å²) in [5, 5.41) is 13.0. The summed E-state index contributed by atoms with van der Waals surface area (Å²) in [5.74, 6) is -1.20. The summed E-state index contributed by atoms with van der Waals surface area (Å²) >= 11 is 0. The van der Waals surface area contributed by atoms with Gasteiger partial charge in [-0.15, -0.1) is 0 Å². The summed E-state index contributed by atoms with van der Waals surface area (Å²) in [5.41, 5.74) is 0.755. The molecule has 1 aliphatic heterocycles. The number of carbonyl (C=O) groups is 3. The van der Waals surface area contributed by atoms with Gasteiger partial charge in [0.1, 0.15) is 11.6 Å². The molecule has 0 bridgehead atoms. The molecular formula is C27H29N3O7S. The van der Waals surface area contributed by atoms with Gasteiger partial charge in [-0.25, -0.2) is 17.9 Å². The number of carbonyl (C=O) groups excluding carboxylic acids is 2. The van der Waals surface area contributed by atoms with E-state index < -0.39 is 28.1 Å². The fraction of sp³-hybridized carbons (Fsp3) is 0.370. The van der Waals surface area contributed by atoms with Crippen molar-refractivity contribution in [3.63, 3.8) is 0 Å². The molecule has 3 amide bonds. The van der Waals surface area contributed by atoms with Crippen LogP contribution in [0.1, 0.15) is 49.1 Å². The second-order valence-electron chi connectivity index (χ2n) is 9.87. The van der Waals surface area contributed by atoms with E-state index in [1.54, 1.807) is 36.4 Å². The van der Waals surface area contributed by atoms with Gasteiger partial charge in [-0.05, 0) is 54.7 Å². The van der Waals surface area contributed by atoms with Crippen LogP contribution in [0.4, 0.5) is 10.5 Å². The van der Waals surface area contributed by atoms with Crippen LogP contribution in [0.2, 0.25) is 0 Å². The number of hydrogen-bond acceptors (Lipinski definition) is 6. The molecule has 10 nitrogen and oxygen atoms in total. The Morgan fingerprint density at radius 1 is 0.947 bits per heavy atom. The SMILES string of the molecule is O=C(NS(=O)(=O)c1ccccc1)c1cc2cc(NC(=O)[C@@H]3[C@H](C4CCCCC4)CCN3C(=O)O)ccc2o1. The molecule has 200 valence electrons. The van der Waals surface area contributed by atoms with Crippen molar-refractivity contribution >= 4 is 44.6 Å². The average molecular weight is 540 g/mol. The van der Waals surface area contributed by atoms with Gasteiger partial charge in [0, 0.05) is 17.6 Å². The molecule has 0 spiro atoms. The van der Waals surface area contributed by atoms with E-state index in [0.29, 0.717) is 35.5 Å². The molecule has 2 aromatic carbocycles. The number of hydrogen-bond donors (Lipinski definition) is 3. The molecular weight excluding hydrogens is 510 g/mol. The molecule has 2 fully saturated rings. The van der Waals surface area contributed by atoms with Crippen molar-refractivity contribution in [2.24, 2.45) is 11.8 Å². The van der Waals surface area contributed by atoms with Gasteiger partial charge in [0.25, 0.3) is 10.0 Å². The number of benzene rings is 2. The van der Waals surface area contributed by atoms with Gasteiger partial charge >= 0.3 is 12.0 Å². The minimum Gasteiger partial charge on any atom is -0.465 e. The zero-order valence-corrected chi connectivity index (χ0v) is 21.4. The molecule has 2 atom stereocenters. The zero-order chi connectivity index (χ0) is 26.9. The summed E-state index contributed by atoms with van der Waals surface area (Å²) in [4.78, 5) is 39.0. The molecule has 1 saturated carbocycles. The molecule has 3 N–H and O–H groups in total. The first-order chi connectivity index (χ1) is 18.2. The standard InChI is InChI=1S/C27H29N3O7S/c31-25(29-38(35,36)20-9-5-2-6-10-20)23-16-18-15-19(11-12-22(18)37-23)28-26(32)24-21(13-14-30(24)27(33)34)17-7-3-1-4-8-17/h2,5-6,9-12,15-17,21,24H,1,3-4,7-8,13-14H2,(H,28,32)(H,29,31)(H,33,34)/t21-,24-/m0/s1. The largest absolute Gasteiger partial charge is 0.465 e. The summed E-state index contributed by atoms with van der Waals surface area (Å²) in [7, 11) is -4.07. The highest BCUT2D eigenvalue weighted by molar-refractivity contribution is 7.90. The smallest absolute Gasteiger partial charge is 0.407 e. The Kier molecular flexibility index (Phi) is 7.11. The summed E-state index contributed by atoms with van der Waals surface area (Å²) in [6.45, 7) is 0.333. The van der Waals surface area contributed by atoms with Crippen molar-refractivity contribution in [3.8, 4) is 0 Å². The number of nitrogens with zero attached hydrogens (tertiary/aromatic N) is 1.